The van der Waals surface area contributed by atoms with Gasteiger partial charge in [0, 0.05) is 61.8 Å². The molecule has 2 heterocycles. The first-order chi connectivity index (χ1) is 14.3. The number of piperazine rings is 1. The van der Waals surface area contributed by atoms with Gasteiger partial charge >= 0.3 is 0 Å². The number of hydrogen-bond acceptors (Lipinski definition) is 3. The second-order valence-corrected chi connectivity index (χ2v) is 7.12. The van der Waals surface area contributed by atoms with Gasteiger partial charge in [0.05, 0.1) is 0 Å². The molecule has 29 heavy (non-hydrogen) atoms. The van der Waals surface area contributed by atoms with Gasteiger partial charge in [-0.2, -0.15) is 0 Å². The highest BCUT2D eigenvalue weighted by Crippen LogP contribution is 2.12. The van der Waals surface area contributed by atoms with E-state index in [0.717, 1.165) is 49.4 Å². The van der Waals surface area contributed by atoms with Crippen molar-refractivity contribution in [3.8, 4) is 11.8 Å². The van der Waals surface area contributed by atoms with Crippen molar-refractivity contribution in [3.63, 3.8) is 0 Å². The van der Waals surface area contributed by atoms with Gasteiger partial charge in [-0.25, -0.2) is 0 Å². The molecule has 0 aliphatic carbocycles. The topological polar surface area (TPSA) is 36.4 Å². The summed E-state index contributed by atoms with van der Waals surface area (Å²) in [6, 6.07) is 21.6. The summed E-state index contributed by atoms with van der Waals surface area (Å²) in [5, 5.41) is 0. The van der Waals surface area contributed by atoms with Crippen LogP contribution >= 0.6 is 0 Å². The molecular weight excluding hydrogens is 358 g/mol. The monoisotopic (exact) mass is 381 g/mol. The van der Waals surface area contributed by atoms with Gasteiger partial charge in [-0.05, 0) is 54.1 Å². The van der Waals surface area contributed by atoms with Crippen LogP contribution in [-0.4, -0.2) is 46.9 Å². The Morgan fingerprint density at radius 1 is 0.793 bits per heavy atom. The van der Waals surface area contributed by atoms with Crippen LogP contribution in [0.15, 0.2) is 79.1 Å². The third kappa shape index (κ3) is 5.10. The third-order valence-electron chi connectivity index (χ3n) is 5.07. The maximum atomic E-state index is 12.8. The fourth-order valence-corrected chi connectivity index (χ4v) is 3.40. The fraction of sp³-hybridized carbons (Fsp3) is 0.200. The Balaban J connectivity index is 1.32. The second-order valence-electron chi connectivity index (χ2n) is 7.12. The Morgan fingerprint density at radius 2 is 1.41 bits per heavy atom. The highest BCUT2D eigenvalue weighted by Gasteiger charge is 2.22. The van der Waals surface area contributed by atoms with Crippen molar-refractivity contribution in [2.45, 2.75) is 6.54 Å². The van der Waals surface area contributed by atoms with Crippen LogP contribution in [0.5, 0.6) is 0 Å². The smallest absolute Gasteiger partial charge is 0.253 e. The Morgan fingerprint density at radius 3 is 2.07 bits per heavy atom. The average molecular weight is 381 g/mol. The van der Waals surface area contributed by atoms with Crippen molar-refractivity contribution in [2.75, 3.05) is 26.2 Å². The molecule has 1 amide bonds. The van der Waals surface area contributed by atoms with Crippen molar-refractivity contribution < 1.29 is 4.79 Å². The van der Waals surface area contributed by atoms with Crippen molar-refractivity contribution >= 4 is 5.91 Å². The molecule has 3 aromatic rings. The first-order valence-electron chi connectivity index (χ1n) is 9.85. The van der Waals surface area contributed by atoms with Gasteiger partial charge in [-0.1, -0.05) is 30.0 Å². The van der Waals surface area contributed by atoms with Crippen LogP contribution in [0.2, 0.25) is 0 Å². The molecule has 0 bridgehead atoms. The minimum absolute atomic E-state index is 0.0936. The maximum Gasteiger partial charge on any atom is 0.253 e. The number of carbonyl (C=O) groups is 1. The lowest BCUT2D eigenvalue weighted by Crippen LogP contribution is -2.48. The molecule has 0 radical (unpaired) electrons. The number of aromatic nitrogens is 1. The van der Waals surface area contributed by atoms with Gasteiger partial charge < -0.3 is 4.90 Å². The lowest BCUT2D eigenvalue weighted by atomic mass is 10.1. The first-order valence-corrected chi connectivity index (χ1v) is 9.85. The van der Waals surface area contributed by atoms with E-state index in [1.807, 2.05) is 84.0 Å². The molecule has 1 saturated heterocycles. The van der Waals surface area contributed by atoms with E-state index >= 15 is 0 Å². The SMILES string of the molecule is O=C(c1ccc(C#Cc2ccccc2)cc1)N1CCN(Cc2ccncc2)CC1. The quantitative estimate of drug-likeness (QED) is 0.652. The second kappa shape index (κ2) is 9.18. The molecule has 0 saturated carbocycles. The molecule has 1 fully saturated rings. The van der Waals surface area contributed by atoms with Gasteiger partial charge in [0.15, 0.2) is 0 Å². The summed E-state index contributed by atoms with van der Waals surface area (Å²) in [4.78, 5) is 21.2. The number of amides is 1. The molecule has 1 aliphatic heterocycles. The van der Waals surface area contributed by atoms with E-state index < -0.39 is 0 Å². The predicted octanol–water partition coefficient (Wildman–Crippen LogP) is 3.44. The minimum Gasteiger partial charge on any atom is -0.336 e. The Kier molecular flexibility index (Phi) is 5.99. The number of pyridine rings is 1. The molecule has 4 nitrogen and oxygen atoms in total. The summed E-state index contributed by atoms with van der Waals surface area (Å²) in [6.07, 6.45) is 3.64. The van der Waals surface area contributed by atoms with Crippen LogP contribution in [-0.2, 0) is 6.54 Å². The molecule has 144 valence electrons. The normalized spacial score (nSPS) is 14.1. The molecule has 1 aromatic heterocycles. The van der Waals surface area contributed by atoms with Crippen molar-refractivity contribution in [1.29, 1.82) is 0 Å². The van der Waals surface area contributed by atoms with E-state index in [1.54, 1.807) is 0 Å². The maximum absolute atomic E-state index is 12.8. The van der Waals surface area contributed by atoms with Crippen LogP contribution in [0, 0.1) is 11.8 Å². The number of nitrogens with zero attached hydrogens (tertiary/aromatic N) is 3. The summed E-state index contributed by atoms with van der Waals surface area (Å²) in [5.41, 5.74) is 3.87. The summed E-state index contributed by atoms with van der Waals surface area (Å²) >= 11 is 0. The molecule has 2 aromatic carbocycles. The molecule has 4 rings (SSSR count). The van der Waals surface area contributed by atoms with Crippen molar-refractivity contribution in [1.82, 2.24) is 14.8 Å². The Bertz CT molecular complexity index is 997. The summed E-state index contributed by atoms with van der Waals surface area (Å²) < 4.78 is 0. The Labute approximate surface area is 171 Å². The summed E-state index contributed by atoms with van der Waals surface area (Å²) in [7, 11) is 0. The number of rotatable bonds is 3. The predicted molar refractivity (Wildman–Crippen MR) is 114 cm³/mol. The van der Waals surface area contributed by atoms with Crippen LogP contribution in [0.1, 0.15) is 27.0 Å². The van der Waals surface area contributed by atoms with E-state index in [9.17, 15) is 4.79 Å². The largest absolute Gasteiger partial charge is 0.336 e. The zero-order valence-electron chi connectivity index (χ0n) is 16.3. The molecular formula is C25H23N3O. The summed E-state index contributed by atoms with van der Waals surface area (Å²) in [5.74, 6) is 6.39. The zero-order chi connectivity index (χ0) is 19.9. The van der Waals surface area contributed by atoms with E-state index in [0.29, 0.717) is 0 Å². The van der Waals surface area contributed by atoms with E-state index in [1.165, 1.54) is 5.56 Å². The number of hydrogen-bond donors (Lipinski definition) is 0. The van der Waals surface area contributed by atoms with Crippen molar-refractivity contribution in [3.05, 3.63) is 101 Å². The van der Waals surface area contributed by atoms with Crippen LogP contribution < -0.4 is 0 Å². The highest BCUT2D eigenvalue weighted by molar-refractivity contribution is 5.94. The molecule has 4 heteroatoms. The number of carbonyl (C=O) groups excluding carboxylic acids is 1. The first kappa shape index (κ1) is 18.9. The van der Waals surface area contributed by atoms with Gasteiger partial charge in [0.1, 0.15) is 0 Å². The number of benzene rings is 2. The van der Waals surface area contributed by atoms with Crippen LogP contribution in [0.4, 0.5) is 0 Å². The third-order valence-corrected chi connectivity index (χ3v) is 5.07. The standard InChI is InChI=1S/C25H23N3O/c29-25(28-18-16-27(17-19-28)20-23-12-14-26-15-13-23)24-10-8-22(9-11-24)7-6-21-4-2-1-3-5-21/h1-5,8-15H,16-20H2. The Hall–Kier alpha value is -3.42. The molecule has 0 unspecified atom stereocenters. The fourth-order valence-electron chi connectivity index (χ4n) is 3.40. The van der Waals surface area contributed by atoms with Gasteiger partial charge in [-0.3, -0.25) is 14.7 Å². The highest BCUT2D eigenvalue weighted by atomic mass is 16.2. The lowest BCUT2D eigenvalue weighted by molar-refractivity contribution is 0.0628. The molecule has 1 aliphatic rings. The van der Waals surface area contributed by atoms with Crippen molar-refractivity contribution in [2.24, 2.45) is 0 Å². The average Bonchev–Trinajstić information content (AvgIpc) is 2.79. The zero-order valence-corrected chi connectivity index (χ0v) is 16.3. The molecule has 0 atom stereocenters. The van der Waals surface area contributed by atoms with Gasteiger partial charge in [0.25, 0.3) is 5.91 Å². The van der Waals surface area contributed by atoms with Gasteiger partial charge in [-0.15, -0.1) is 0 Å². The van der Waals surface area contributed by atoms with Crippen LogP contribution in [0.3, 0.4) is 0 Å². The minimum atomic E-state index is 0.0936. The summed E-state index contributed by atoms with van der Waals surface area (Å²) in [6.45, 7) is 4.17. The lowest BCUT2D eigenvalue weighted by Gasteiger charge is -2.34. The van der Waals surface area contributed by atoms with E-state index in [4.69, 9.17) is 0 Å². The van der Waals surface area contributed by atoms with Gasteiger partial charge in [0.2, 0.25) is 0 Å². The van der Waals surface area contributed by atoms with Crippen LogP contribution in [0.25, 0.3) is 0 Å². The van der Waals surface area contributed by atoms with E-state index in [-0.39, 0.29) is 5.91 Å². The molecule has 0 spiro atoms. The molecule has 0 N–H and O–H groups in total. The van der Waals surface area contributed by atoms with E-state index in [2.05, 4.69) is 21.7 Å².